The van der Waals surface area contributed by atoms with Crippen LogP contribution in [0, 0.1) is 20.2 Å². The number of carbonyl (C=O) groups excluding carboxylic acids is 2. The third-order valence-corrected chi connectivity index (χ3v) is 10.9. The number of β-lactam (4-membered cyclic amide) rings is 1. The van der Waals surface area contributed by atoms with Gasteiger partial charge in [0.1, 0.15) is 15.8 Å². The second-order valence-electron chi connectivity index (χ2n) is 10.7. The molecule has 13 nitrogen and oxygen atoms in total. The number of hydrogen-bond donors (Lipinski definition) is 2. The van der Waals surface area contributed by atoms with Crippen LogP contribution in [0.25, 0.3) is 0 Å². The van der Waals surface area contributed by atoms with Crippen LogP contribution in [0.1, 0.15) is 35.7 Å². The highest BCUT2D eigenvalue weighted by molar-refractivity contribution is 8.07. The molecule has 0 radical (unpaired) electrons. The Hall–Kier alpha value is -3.79. The fourth-order valence-corrected chi connectivity index (χ4v) is 9.32. The maximum atomic E-state index is 13.8. The Balaban J connectivity index is 1.39. The summed E-state index contributed by atoms with van der Waals surface area (Å²) in [5.41, 5.74) is -0.525. The smallest absolute Gasteiger partial charge is 0.353 e. The molecule has 5 atom stereocenters. The zero-order valence-electron chi connectivity index (χ0n) is 22.9. The summed E-state index contributed by atoms with van der Waals surface area (Å²) in [5.74, 6) is -1.77. The van der Waals surface area contributed by atoms with Crippen LogP contribution in [0.3, 0.4) is 0 Å². The molecule has 15 heteroatoms. The number of aliphatic carboxylic acids is 1. The summed E-state index contributed by atoms with van der Waals surface area (Å²) < 4.78 is -1.04. The van der Waals surface area contributed by atoms with Crippen LogP contribution >= 0.6 is 23.5 Å². The highest BCUT2D eigenvalue weighted by Gasteiger charge is 2.66. The number of likely N-dealkylation sites (tertiary alicyclic amines) is 1. The van der Waals surface area contributed by atoms with Crippen molar-refractivity contribution >= 4 is 52.6 Å². The molecule has 0 bridgehead atoms. The molecule has 2 fully saturated rings. The minimum Gasteiger partial charge on any atom is -0.477 e. The summed E-state index contributed by atoms with van der Waals surface area (Å²) in [6.07, 6.45) is 0.00582. The van der Waals surface area contributed by atoms with E-state index in [0.29, 0.717) is 30.6 Å². The van der Waals surface area contributed by atoms with Crippen molar-refractivity contribution < 1.29 is 34.4 Å². The number of amides is 1. The van der Waals surface area contributed by atoms with Gasteiger partial charge in [0.2, 0.25) is 5.91 Å². The molecule has 3 aliphatic heterocycles. The molecular formula is C28H28N4O9S2. The van der Waals surface area contributed by atoms with Crippen molar-refractivity contribution in [1.29, 1.82) is 0 Å². The minimum absolute atomic E-state index is 0.0693. The molecule has 1 unspecified atom stereocenters. The van der Waals surface area contributed by atoms with Crippen molar-refractivity contribution in [2.75, 3.05) is 13.1 Å². The molecule has 2 aromatic carbocycles. The first-order valence-electron chi connectivity index (χ1n) is 13.5. The summed E-state index contributed by atoms with van der Waals surface area (Å²) in [7, 11) is 0. The molecule has 3 heterocycles. The third-order valence-electron chi connectivity index (χ3n) is 7.82. The van der Waals surface area contributed by atoms with E-state index < -0.39 is 49.5 Å². The Labute approximate surface area is 254 Å². The lowest BCUT2D eigenvalue weighted by Crippen LogP contribution is -2.70. The Morgan fingerprint density at radius 1 is 1.14 bits per heavy atom. The van der Waals surface area contributed by atoms with Crippen LogP contribution in [0.5, 0.6) is 0 Å². The topological polar surface area (TPSA) is 184 Å². The molecule has 0 aromatic heterocycles. The first-order valence-corrected chi connectivity index (χ1v) is 15.3. The summed E-state index contributed by atoms with van der Waals surface area (Å²) >= 11 is 2.64. The number of hydrogen-bond acceptors (Lipinski definition) is 11. The van der Waals surface area contributed by atoms with Crippen LogP contribution in [-0.4, -0.2) is 88.1 Å². The van der Waals surface area contributed by atoms with E-state index in [4.69, 9.17) is 0 Å². The highest BCUT2D eigenvalue weighted by atomic mass is 32.2. The zero-order valence-corrected chi connectivity index (χ0v) is 24.5. The molecule has 5 rings (SSSR count). The minimum atomic E-state index is -1.19. The summed E-state index contributed by atoms with van der Waals surface area (Å²) in [4.78, 5) is 63.3. The summed E-state index contributed by atoms with van der Waals surface area (Å²) in [6.45, 7) is 2.46. The fourth-order valence-electron chi connectivity index (χ4n) is 5.92. The third kappa shape index (κ3) is 5.77. The van der Waals surface area contributed by atoms with E-state index >= 15 is 0 Å². The van der Waals surface area contributed by atoms with Gasteiger partial charge in [-0.25, -0.2) is 4.79 Å². The average Bonchev–Trinajstić information content (AvgIpc) is 3.61. The number of aliphatic hydroxyl groups excluding tert-OH is 1. The van der Waals surface area contributed by atoms with Crippen molar-refractivity contribution in [2.24, 2.45) is 0 Å². The van der Waals surface area contributed by atoms with Gasteiger partial charge in [-0.3, -0.25) is 39.6 Å². The molecule has 2 aromatic rings. The normalized spacial score (nSPS) is 24.6. The number of carbonyl (C=O) groups is 3. The molecule has 2 N–H and O–H groups in total. The van der Waals surface area contributed by atoms with Gasteiger partial charge in [0.05, 0.1) is 22.0 Å². The van der Waals surface area contributed by atoms with E-state index in [-0.39, 0.29) is 35.5 Å². The van der Waals surface area contributed by atoms with Crippen LogP contribution in [0.4, 0.5) is 11.4 Å². The van der Waals surface area contributed by atoms with Crippen molar-refractivity contribution in [2.45, 2.75) is 53.7 Å². The number of benzene rings is 2. The van der Waals surface area contributed by atoms with Gasteiger partial charge in [0, 0.05) is 41.4 Å². The Morgan fingerprint density at radius 2 is 1.84 bits per heavy atom. The molecule has 0 spiro atoms. The monoisotopic (exact) mass is 628 g/mol. The highest BCUT2D eigenvalue weighted by Crippen LogP contribution is 2.57. The SMILES string of the molecule is CC(O)C[C@@]1(S[C@H]2CCN([C@@H](Cc3ccc([N+](=O)[O-])c([N+](=O)[O-])c3)C(=O)c3ccccc3)C2)C(=O)N2C(C(=O)O)=CS[C@@H]21. The van der Waals surface area contributed by atoms with E-state index in [1.807, 2.05) is 4.90 Å². The quantitative estimate of drug-likeness (QED) is 0.151. The van der Waals surface area contributed by atoms with E-state index in [1.165, 1.54) is 39.9 Å². The molecule has 1 amide bonds. The molecule has 0 aliphatic carbocycles. The first kappa shape index (κ1) is 30.7. The maximum Gasteiger partial charge on any atom is 0.353 e. The molecule has 43 heavy (non-hydrogen) atoms. The van der Waals surface area contributed by atoms with Crippen molar-refractivity contribution in [3.8, 4) is 0 Å². The van der Waals surface area contributed by atoms with Gasteiger partial charge >= 0.3 is 17.3 Å². The Morgan fingerprint density at radius 3 is 2.47 bits per heavy atom. The number of carboxylic acids is 1. The van der Waals surface area contributed by atoms with E-state index in [0.717, 1.165) is 12.1 Å². The van der Waals surface area contributed by atoms with Crippen LogP contribution in [-0.2, 0) is 16.0 Å². The Bertz CT molecular complexity index is 1520. The number of nitrogens with zero attached hydrogens (tertiary/aromatic N) is 4. The van der Waals surface area contributed by atoms with Gasteiger partial charge in [-0.05, 0) is 31.7 Å². The lowest BCUT2D eigenvalue weighted by atomic mass is 9.90. The number of thioether (sulfide) groups is 2. The molecule has 3 aliphatic rings. The lowest BCUT2D eigenvalue weighted by Gasteiger charge is -2.53. The zero-order chi connectivity index (χ0) is 31.1. The average molecular weight is 629 g/mol. The van der Waals surface area contributed by atoms with E-state index in [9.17, 15) is 44.8 Å². The second-order valence-corrected chi connectivity index (χ2v) is 13.3. The largest absolute Gasteiger partial charge is 0.477 e. The van der Waals surface area contributed by atoms with Crippen molar-refractivity contribution in [3.05, 3.63) is 91.0 Å². The van der Waals surface area contributed by atoms with Gasteiger partial charge in [-0.2, -0.15) is 0 Å². The predicted molar refractivity (Wildman–Crippen MR) is 159 cm³/mol. The number of rotatable bonds is 12. The fraction of sp³-hybridized carbons (Fsp3) is 0.393. The van der Waals surface area contributed by atoms with E-state index in [1.54, 1.807) is 37.3 Å². The number of Topliss-reactive ketones (excluding diaryl/α,β-unsaturated/α-hetero) is 1. The maximum absolute atomic E-state index is 13.8. The second kappa shape index (κ2) is 12.1. The standard InChI is InChI=1S/C28H28N4O9S2/c1-16(33)13-28(26(37)30-23(25(35)36)15-42-27(28)30)43-19-9-10-29(14-19)22(24(34)18-5-3-2-4-6-18)12-17-7-8-20(31(38)39)21(11-17)32(40)41/h2-8,11,15-16,19,22,27,33H,9-10,12-14H2,1H3,(H,35,36)/t16?,19-,22-,27+,28+/m0/s1. The number of fused-ring (bicyclic) bond motifs is 1. The predicted octanol–water partition coefficient (Wildman–Crippen LogP) is 3.46. The van der Waals surface area contributed by atoms with Crippen LogP contribution < -0.4 is 0 Å². The lowest BCUT2D eigenvalue weighted by molar-refractivity contribution is -0.422. The van der Waals surface area contributed by atoms with Gasteiger partial charge in [-0.1, -0.05) is 36.4 Å². The Kier molecular flexibility index (Phi) is 8.61. The van der Waals surface area contributed by atoms with Crippen LogP contribution in [0.2, 0.25) is 0 Å². The number of nitro benzene ring substituents is 2. The molecular weight excluding hydrogens is 600 g/mol. The number of aliphatic hydroxyl groups is 1. The summed E-state index contributed by atoms with van der Waals surface area (Å²) in [5, 5.41) is 43.5. The number of nitro groups is 2. The first-order chi connectivity index (χ1) is 20.4. The van der Waals surface area contributed by atoms with Crippen molar-refractivity contribution in [1.82, 2.24) is 9.80 Å². The number of carboxylic acid groups (broad SMARTS) is 1. The van der Waals surface area contributed by atoms with Gasteiger partial charge in [-0.15, -0.1) is 23.5 Å². The number of ketones is 1. The molecule has 2 saturated heterocycles. The van der Waals surface area contributed by atoms with Gasteiger partial charge in [0.15, 0.2) is 5.78 Å². The van der Waals surface area contributed by atoms with Gasteiger partial charge < -0.3 is 10.2 Å². The van der Waals surface area contributed by atoms with Gasteiger partial charge in [0.25, 0.3) is 0 Å². The molecule has 226 valence electrons. The summed E-state index contributed by atoms with van der Waals surface area (Å²) in [6, 6.07) is 11.5. The molecule has 0 saturated carbocycles. The van der Waals surface area contributed by atoms with Crippen LogP contribution in [0.15, 0.2) is 59.6 Å². The van der Waals surface area contributed by atoms with E-state index in [2.05, 4.69) is 0 Å². The van der Waals surface area contributed by atoms with Crippen molar-refractivity contribution in [3.63, 3.8) is 0 Å².